The minimum Gasteiger partial charge on any atom is -0.481 e. The summed E-state index contributed by atoms with van der Waals surface area (Å²) in [4.78, 5) is 53.0. The molecule has 2 heterocycles. The molecular formula is C30H52O10. The van der Waals surface area contributed by atoms with Gasteiger partial charge >= 0.3 is 11.9 Å². The average Bonchev–Trinajstić information content (AvgIpc) is 3.23. The minimum atomic E-state index is -0.757. The molecule has 3 saturated carbocycles. The van der Waals surface area contributed by atoms with Gasteiger partial charge in [-0.3, -0.25) is 14.4 Å². The van der Waals surface area contributed by atoms with E-state index in [1.807, 2.05) is 0 Å². The van der Waals surface area contributed by atoms with Crippen LogP contribution in [-0.4, -0.2) is 52.7 Å². The molecule has 2 spiro atoms. The number of aliphatic hydroxyl groups excluding tert-OH is 1. The van der Waals surface area contributed by atoms with Gasteiger partial charge in [0.05, 0.1) is 6.61 Å². The molecule has 0 bridgehead atoms. The van der Waals surface area contributed by atoms with Gasteiger partial charge in [-0.15, -0.1) is 0 Å². The number of carbonyl (C=O) groups is 3. The number of esters is 1. The molecule has 0 amide bonds. The summed E-state index contributed by atoms with van der Waals surface area (Å²) in [6.45, 7) is 0.804. The smallest absolute Gasteiger partial charge is 0.305 e. The Labute approximate surface area is 239 Å². The highest BCUT2D eigenvalue weighted by atomic mass is 17.4. The lowest BCUT2D eigenvalue weighted by atomic mass is 9.93. The normalized spacial score (nSPS) is 23.6. The lowest BCUT2D eigenvalue weighted by Gasteiger charge is -2.45. The molecule has 10 nitrogen and oxygen atoms in total. The molecule has 2 saturated heterocycles. The molecule has 3 aliphatic carbocycles. The van der Waals surface area contributed by atoms with Crippen LogP contribution in [0.25, 0.3) is 0 Å². The maximum Gasteiger partial charge on any atom is 0.305 e. The molecule has 5 fully saturated rings. The number of hydrogen-bond donors (Lipinski definition) is 2. The first-order valence-corrected chi connectivity index (χ1v) is 15.6. The third-order valence-electron chi connectivity index (χ3n) is 7.67. The molecule has 232 valence electrons. The number of carboxylic acid groups (broad SMARTS) is 1. The van der Waals surface area contributed by atoms with Gasteiger partial charge in [0.25, 0.3) is 0 Å². The third kappa shape index (κ3) is 14.9. The molecule has 0 aromatic heterocycles. The Kier molecular flexibility index (Phi) is 17.6. The maximum atomic E-state index is 10.5. The summed E-state index contributed by atoms with van der Waals surface area (Å²) in [7, 11) is 0. The number of aliphatic hydroxyl groups is 1. The maximum absolute atomic E-state index is 10.5. The molecule has 0 aromatic carbocycles. The molecule has 0 atom stereocenters. The fourth-order valence-electron chi connectivity index (χ4n) is 5.16. The van der Waals surface area contributed by atoms with Gasteiger partial charge in [0.2, 0.25) is 11.6 Å². The monoisotopic (exact) mass is 572 g/mol. The van der Waals surface area contributed by atoms with Crippen LogP contribution >= 0.6 is 0 Å². The van der Waals surface area contributed by atoms with Crippen molar-refractivity contribution in [2.45, 2.75) is 159 Å². The van der Waals surface area contributed by atoms with Crippen LogP contribution in [0.4, 0.5) is 0 Å². The zero-order valence-electron chi connectivity index (χ0n) is 24.3. The molecule has 0 radical (unpaired) electrons. The summed E-state index contributed by atoms with van der Waals surface area (Å²) >= 11 is 0. The molecule has 0 unspecified atom stereocenters. The topological polar surface area (TPSA) is 138 Å². The van der Waals surface area contributed by atoms with Gasteiger partial charge in [0, 0.05) is 58.0 Å². The molecule has 5 rings (SSSR count). The van der Waals surface area contributed by atoms with E-state index >= 15 is 0 Å². The van der Waals surface area contributed by atoms with E-state index in [0.29, 0.717) is 31.7 Å². The van der Waals surface area contributed by atoms with Crippen LogP contribution in [0, 0.1) is 0 Å². The molecule has 10 heteroatoms. The van der Waals surface area contributed by atoms with Crippen molar-refractivity contribution >= 4 is 17.7 Å². The number of rotatable bonds is 5. The Balaban J connectivity index is 0.000000201. The van der Waals surface area contributed by atoms with Crippen LogP contribution in [0.1, 0.15) is 148 Å². The predicted molar refractivity (Wildman–Crippen MR) is 147 cm³/mol. The number of carbonyl (C=O) groups excluding carboxylic acids is 2. The van der Waals surface area contributed by atoms with Crippen LogP contribution in [0.15, 0.2) is 0 Å². The highest BCUT2D eigenvalue weighted by Crippen LogP contribution is 2.43. The second-order valence-electron chi connectivity index (χ2n) is 11.3. The molecule has 2 N–H and O–H groups in total. The van der Waals surface area contributed by atoms with Crippen LogP contribution in [0.3, 0.4) is 0 Å². The number of carboxylic acids is 1. The van der Waals surface area contributed by atoms with Crippen molar-refractivity contribution in [2.75, 3.05) is 13.2 Å². The Hall–Kier alpha value is -1.59. The molecule has 5 aliphatic rings. The van der Waals surface area contributed by atoms with E-state index in [4.69, 9.17) is 34.5 Å². The van der Waals surface area contributed by atoms with E-state index < -0.39 is 17.5 Å². The van der Waals surface area contributed by atoms with Crippen LogP contribution in [0.2, 0.25) is 0 Å². The Morgan fingerprint density at radius 3 is 1.55 bits per heavy atom. The number of Topliss-reactive ketones (excluding diaryl/α,β-unsaturated/α-hetero) is 1. The molecule has 40 heavy (non-hydrogen) atoms. The lowest BCUT2D eigenvalue weighted by molar-refractivity contribution is -0.662. The highest BCUT2D eigenvalue weighted by Gasteiger charge is 2.49. The summed E-state index contributed by atoms with van der Waals surface area (Å²) in [6, 6.07) is 0. The summed E-state index contributed by atoms with van der Waals surface area (Å²) in [5.41, 5.74) is 0. The fraction of sp³-hybridized carbons (Fsp3) is 0.900. The number of unbranched alkanes of at least 4 members (excludes halogenated alkanes) is 2. The second-order valence-corrected chi connectivity index (χ2v) is 11.3. The van der Waals surface area contributed by atoms with Crippen molar-refractivity contribution in [3.8, 4) is 0 Å². The Morgan fingerprint density at radius 1 is 0.625 bits per heavy atom. The van der Waals surface area contributed by atoms with Crippen molar-refractivity contribution < 1.29 is 48.9 Å². The summed E-state index contributed by atoms with van der Waals surface area (Å²) in [5.74, 6) is -1.54. The second kappa shape index (κ2) is 20.3. The van der Waals surface area contributed by atoms with Crippen LogP contribution in [-0.2, 0) is 38.7 Å². The quantitative estimate of drug-likeness (QED) is 0.214. The van der Waals surface area contributed by atoms with E-state index in [1.165, 1.54) is 19.3 Å². The van der Waals surface area contributed by atoms with Gasteiger partial charge in [0.15, 0.2) is 0 Å². The number of hydrogen-bond acceptors (Lipinski definition) is 9. The minimum absolute atomic E-state index is 0.0255. The van der Waals surface area contributed by atoms with Crippen LogP contribution in [0.5, 0.6) is 0 Å². The van der Waals surface area contributed by atoms with Crippen LogP contribution < -0.4 is 0 Å². The largest absolute Gasteiger partial charge is 0.481 e. The predicted octanol–water partition coefficient (Wildman–Crippen LogP) is 6.46. The summed E-state index contributed by atoms with van der Waals surface area (Å²) in [6.07, 6.45) is 22.0. The van der Waals surface area contributed by atoms with Crippen molar-refractivity contribution in [3.63, 3.8) is 0 Å². The molecular weight excluding hydrogens is 520 g/mol. The Morgan fingerprint density at radius 2 is 1.10 bits per heavy atom. The standard InChI is InChI=1S/C12H20O4.C6H12O3.C6H10O2.C6H10O/c1-3-7-11(8-4-1)13-15-12(16-14-11)9-5-2-6-10-12;7-5-3-1-2-4-6(8)9;7-6-4-2-1-3-5-8-6;7-6-4-2-1-3-5-6/h1-10H2;7H,1-5H2,(H,8,9);1-5H2;1-5H2. The highest BCUT2D eigenvalue weighted by molar-refractivity contribution is 5.78. The number of ketones is 1. The van der Waals surface area contributed by atoms with Gasteiger partial charge < -0.3 is 14.9 Å². The SMILES string of the molecule is C1CCC2(CC1)OOC1(CCCCC1)OO2.O=C(O)CCCCCO.O=C1CCCCC1.O=C1CCCCCO1. The average molecular weight is 573 g/mol. The van der Waals surface area contributed by atoms with Crippen molar-refractivity contribution in [1.82, 2.24) is 0 Å². The van der Waals surface area contributed by atoms with E-state index in [0.717, 1.165) is 103 Å². The van der Waals surface area contributed by atoms with Gasteiger partial charge in [-0.2, -0.15) is 19.6 Å². The summed E-state index contributed by atoms with van der Waals surface area (Å²) < 4.78 is 4.76. The molecule has 0 aromatic rings. The molecule has 2 aliphatic heterocycles. The van der Waals surface area contributed by atoms with Crippen molar-refractivity contribution in [1.29, 1.82) is 0 Å². The van der Waals surface area contributed by atoms with Gasteiger partial charge in [-0.1, -0.05) is 25.7 Å². The first kappa shape index (κ1) is 34.6. The van der Waals surface area contributed by atoms with E-state index in [1.54, 1.807) is 0 Å². The van der Waals surface area contributed by atoms with Gasteiger partial charge in [0.1, 0.15) is 5.78 Å². The van der Waals surface area contributed by atoms with Gasteiger partial charge in [-0.25, -0.2) is 0 Å². The van der Waals surface area contributed by atoms with E-state index in [-0.39, 0.29) is 19.0 Å². The van der Waals surface area contributed by atoms with E-state index in [2.05, 4.69) is 0 Å². The third-order valence-corrected chi connectivity index (χ3v) is 7.67. The van der Waals surface area contributed by atoms with Crippen molar-refractivity contribution in [2.24, 2.45) is 0 Å². The fourth-order valence-corrected chi connectivity index (χ4v) is 5.16. The zero-order chi connectivity index (χ0) is 28.9. The van der Waals surface area contributed by atoms with E-state index in [9.17, 15) is 14.4 Å². The first-order valence-electron chi connectivity index (χ1n) is 15.6. The Bertz CT molecular complexity index is 657. The zero-order valence-corrected chi connectivity index (χ0v) is 24.3. The lowest BCUT2D eigenvalue weighted by Crippen LogP contribution is -2.52. The summed E-state index contributed by atoms with van der Waals surface area (Å²) in [5, 5.41) is 16.4. The van der Waals surface area contributed by atoms with Crippen molar-refractivity contribution in [3.05, 3.63) is 0 Å². The number of cyclic esters (lactones) is 1. The number of aliphatic carboxylic acids is 1. The first-order chi connectivity index (χ1) is 19.4. The van der Waals surface area contributed by atoms with Gasteiger partial charge in [-0.05, 0) is 70.6 Å². The number of ether oxygens (including phenoxy) is 1.